The molecule has 1 aromatic carbocycles. The summed E-state index contributed by atoms with van der Waals surface area (Å²) in [6.45, 7) is 13.5. The lowest BCUT2D eigenvalue weighted by atomic mass is 9.41. The van der Waals surface area contributed by atoms with E-state index in [1.54, 1.807) is 9.36 Å². The molecule has 2 aliphatic heterocycles. The zero-order valence-electron chi connectivity index (χ0n) is 18.0. The SMILES string of the molecule is CC(C)(C)C1=C[C@]2(C(C)(C)C)[C@@H]3C=C[C@@H]([C@H]12)n1c(=O)n(-c2ccccc2)c(=O)n13. The zero-order valence-corrected chi connectivity index (χ0v) is 18.0. The van der Waals surface area contributed by atoms with Crippen LogP contribution in [0.1, 0.15) is 53.6 Å². The molecule has 6 rings (SSSR count). The fraction of sp³-hybridized carbons (Fsp3) is 0.500. The number of rotatable bonds is 1. The van der Waals surface area contributed by atoms with Crippen molar-refractivity contribution in [3.05, 3.63) is 75.1 Å². The van der Waals surface area contributed by atoms with Crippen LogP contribution in [0.4, 0.5) is 0 Å². The van der Waals surface area contributed by atoms with Crippen molar-refractivity contribution in [2.24, 2.45) is 22.2 Å². The lowest BCUT2D eigenvalue weighted by Gasteiger charge is -2.66. The maximum absolute atomic E-state index is 13.5. The summed E-state index contributed by atoms with van der Waals surface area (Å²) in [5, 5.41) is 0. The molecule has 0 N–H and O–H groups in total. The van der Waals surface area contributed by atoms with E-state index in [2.05, 4.69) is 59.8 Å². The molecule has 2 aliphatic carbocycles. The molecule has 2 bridgehead atoms. The highest BCUT2D eigenvalue weighted by Gasteiger charge is 2.67. The number of hydrogen-bond acceptors (Lipinski definition) is 2. The molecule has 1 aromatic heterocycles. The van der Waals surface area contributed by atoms with Gasteiger partial charge in [-0.05, 0) is 23.0 Å². The largest absolute Gasteiger partial charge is 0.352 e. The standard InChI is InChI=1S/C24H29N3O2/c1-22(2,3)16-14-24(23(4,5)6)18-13-12-17(19(16)24)26-20(28)25(21(29)27(18)26)15-10-8-7-9-11-15/h7-14,17-19H,1-6H3/t17-,18-,19-,24-/m0/s1. The molecule has 5 nitrogen and oxygen atoms in total. The number of para-hydroxylation sites is 1. The van der Waals surface area contributed by atoms with E-state index in [-0.39, 0.29) is 45.6 Å². The normalized spacial score (nSPS) is 29.9. The Morgan fingerprint density at radius 1 is 0.862 bits per heavy atom. The first-order valence-electron chi connectivity index (χ1n) is 10.4. The molecule has 4 atom stereocenters. The molecule has 0 radical (unpaired) electrons. The van der Waals surface area contributed by atoms with E-state index in [4.69, 9.17) is 0 Å². The van der Waals surface area contributed by atoms with Crippen molar-refractivity contribution >= 4 is 0 Å². The van der Waals surface area contributed by atoms with Crippen LogP contribution in [0.5, 0.6) is 0 Å². The Hall–Kier alpha value is -2.56. The minimum atomic E-state index is -0.250. The number of aromatic nitrogens is 3. The van der Waals surface area contributed by atoms with Crippen molar-refractivity contribution in [3.8, 4) is 5.69 Å². The summed E-state index contributed by atoms with van der Waals surface area (Å²) >= 11 is 0. The summed E-state index contributed by atoms with van der Waals surface area (Å²) in [6.07, 6.45) is 6.71. The molecule has 0 spiro atoms. The molecule has 152 valence electrons. The summed E-state index contributed by atoms with van der Waals surface area (Å²) in [4.78, 5) is 27.0. The van der Waals surface area contributed by atoms with Crippen LogP contribution in [0.3, 0.4) is 0 Å². The van der Waals surface area contributed by atoms with Gasteiger partial charge in [0.15, 0.2) is 0 Å². The fourth-order valence-electron chi connectivity index (χ4n) is 5.93. The topological polar surface area (TPSA) is 48.9 Å². The second-order valence-electron chi connectivity index (χ2n) is 10.8. The summed E-state index contributed by atoms with van der Waals surface area (Å²) in [7, 11) is 0. The number of nitrogens with zero attached hydrogens (tertiary/aromatic N) is 3. The highest BCUT2D eigenvalue weighted by atomic mass is 16.2. The van der Waals surface area contributed by atoms with Gasteiger partial charge in [0.1, 0.15) is 0 Å². The van der Waals surface area contributed by atoms with E-state index in [1.165, 1.54) is 10.1 Å². The lowest BCUT2D eigenvalue weighted by molar-refractivity contribution is -0.0653. The van der Waals surface area contributed by atoms with Gasteiger partial charge in [0.05, 0.1) is 17.8 Å². The van der Waals surface area contributed by atoms with Crippen LogP contribution in [0.15, 0.2) is 63.7 Å². The molecule has 0 saturated carbocycles. The molecule has 29 heavy (non-hydrogen) atoms. The minimum Gasteiger partial charge on any atom is -0.245 e. The van der Waals surface area contributed by atoms with Crippen LogP contribution in [0.25, 0.3) is 5.69 Å². The molecular weight excluding hydrogens is 362 g/mol. The summed E-state index contributed by atoms with van der Waals surface area (Å²) < 4.78 is 4.76. The van der Waals surface area contributed by atoms with Crippen LogP contribution in [0.2, 0.25) is 0 Å². The first-order chi connectivity index (χ1) is 13.5. The molecular formula is C24H29N3O2. The van der Waals surface area contributed by atoms with E-state index in [0.717, 1.165) is 0 Å². The van der Waals surface area contributed by atoms with Crippen molar-refractivity contribution in [2.45, 2.75) is 53.6 Å². The van der Waals surface area contributed by atoms with Gasteiger partial charge in [0.25, 0.3) is 0 Å². The Morgan fingerprint density at radius 2 is 1.48 bits per heavy atom. The molecule has 0 fully saturated rings. The second-order valence-corrected chi connectivity index (χ2v) is 10.8. The number of hydrogen-bond donors (Lipinski definition) is 0. The summed E-state index contributed by atoms with van der Waals surface area (Å²) in [6, 6.07) is 8.94. The Balaban J connectivity index is 1.81. The molecule has 2 aromatic rings. The summed E-state index contributed by atoms with van der Waals surface area (Å²) in [5.41, 5.74) is 1.33. The average Bonchev–Trinajstić information content (AvgIpc) is 2.86. The maximum atomic E-state index is 13.5. The Kier molecular flexibility index (Phi) is 3.39. The van der Waals surface area contributed by atoms with Gasteiger partial charge in [-0.2, -0.15) is 0 Å². The lowest BCUT2D eigenvalue weighted by Crippen LogP contribution is -2.64. The molecule has 0 unspecified atom stereocenters. The van der Waals surface area contributed by atoms with Gasteiger partial charge in [0.2, 0.25) is 0 Å². The Bertz CT molecular complexity index is 1180. The Labute approximate surface area is 171 Å². The van der Waals surface area contributed by atoms with Gasteiger partial charge in [-0.3, -0.25) is 0 Å². The van der Waals surface area contributed by atoms with Crippen molar-refractivity contribution in [2.75, 3.05) is 0 Å². The molecule has 0 saturated heterocycles. The van der Waals surface area contributed by atoms with E-state index in [1.807, 2.05) is 30.3 Å². The van der Waals surface area contributed by atoms with Crippen molar-refractivity contribution in [1.82, 2.24) is 13.9 Å². The van der Waals surface area contributed by atoms with Gasteiger partial charge in [-0.25, -0.2) is 23.5 Å². The van der Waals surface area contributed by atoms with Gasteiger partial charge in [-0.1, -0.05) is 83.5 Å². The molecule has 4 aliphatic rings. The van der Waals surface area contributed by atoms with Gasteiger partial charge in [-0.15, -0.1) is 0 Å². The molecule has 3 heterocycles. The quantitative estimate of drug-likeness (QED) is 0.687. The van der Waals surface area contributed by atoms with E-state index >= 15 is 0 Å². The summed E-state index contributed by atoms with van der Waals surface area (Å²) in [5.74, 6) is 0.223. The molecule has 5 heteroatoms. The van der Waals surface area contributed by atoms with Gasteiger partial charge >= 0.3 is 11.4 Å². The number of allylic oxidation sites excluding steroid dienone is 4. The van der Waals surface area contributed by atoms with Crippen LogP contribution in [0, 0.1) is 22.2 Å². The predicted molar refractivity (Wildman–Crippen MR) is 114 cm³/mol. The van der Waals surface area contributed by atoms with Gasteiger partial charge < -0.3 is 0 Å². The average molecular weight is 392 g/mol. The fourth-order valence-corrected chi connectivity index (χ4v) is 5.93. The van der Waals surface area contributed by atoms with Crippen LogP contribution in [-0.2, 0) is 0 Å². The van der Waals surface area contributed by atoms with E-state index in [9.17, 15) is 9.59 Å². The maximum Gasteiger partial charge on any atom is 0.352 e. The third-order valence-corrected chi connectivity index (χ3v) is 7.30. The van der Waals surface area contributed by atoms with Gasteiger partial charge in [0, 0.05) is 11.3 Å². The monoisotopic (exact) mass is 391 g/mol. The van der Waals surface area contributed by atoms with E-state index in [0.29, 0.717) is 5.69 Å². The van der Waals surface area contributed by atoms with Crippen LogP contribution in [-0.4, -0.2) is 13.9 Å². The first-order valence-corrected chi connectivity index (χ1v) is 10.4. The zero-order chi connectivity index (χ0) is 20.9. The third kappa shape index (κ3) is 2.06. The molecule has 0 amide bonds. The number of benzene rings is 1. The smallest absolute Gasteiger partial charge is 0.245 e. The predicted octanol–water partition coefficient (Wildman–Crippen LogP) is 4.10. The van der Waals surface area contributed by atoms with Crippen molar-refractivity contribution in [1.29, 1.82) is 0 Å². The van der Waals surface area contributed by atoms with Crippen LogP contribution < -0.4 is 11.4 Å². The third-order valence-electron chi connectivity index (χ3n) is 7.30. The van der Waals surface area contributed by atoms with E-state index < -0.39 is 0 Å². The Morgan fingerprint density at radius 3 is 2.07 bits per heavy atom. The highest BCUT2D eigenvalue weighted by Crippen LogP contribution is 2.71. The van der Waals surface area contributed by atoms with Crippen molar-refractivity contribution in [3.63, 3.8) is 0 Å². The second kappa shape index (κ2) is 5.32. The minimum absolute atomic E-state index is 0.0292. The van der Waals surface area contributed by atoms with Crippen molar-refractivity contribution < 1.29 is 0 Å². The first kappa shape index (κ1) is 18.5. The highest BCUT2D eigenvalue weighted by molar-refractivity contribution is 5.45. The van der Waals surface area contributed by atoms with Crippen LogP contribution >= 0.6 is 0 Å².